The van der Waals surface area contributed by atoms with Crippen LogP contribution in [0, 0.1) is 11.8 Å². The van der Waals surface area contributed by atoms with E-state index in [1.165, 1.54) is 19.3 Å². The molecule has 0 aromatic carbocycles. The predicted octanol–water partition coefficient (Wildman–Crippen LogP) is 2.40. The summed E-state index contributed by atoms with van der Waals surface area (Å²) in [4.78, 5) is 4.28. The molecule has 2 fully saturated rings. The molecule has 0 radical (unpaired) electrons. The standard InChI is InChI=1S/C16H31N3O2.HI/c1-3-5-14-10-15(14)19-16(17-2)18-7-4-8-20-11-13-6-9-21-12-13;/h13-15H,3-12H2,1-2H3,(H2,17,18,19);1H. The van der Waals surface area contributed by atoms with Gasteiger partial charge < -0.3 is 20.1 Å². The molecule has 1 saturated carbocycles. The van der Waals surface area contributed by atoms with E-state index in [1.54, 1.807) is 0 Å². The van der Waals surface area contributed by atoms with Crippen LogP contribution in [0.1, 0.15) is 39.0 Å². The third kappa shape index (κ3) is 7.46. The normalized spacial score (nSPS) is 27.4. The highest BCUT2D eigenvalue weighted by Gasteiger charge is 2.36. The lowest BCUT2D eigenvalue weighted by atomic mass is 10.1. The van der Waals surface area contributed by atoms with Crippen molar-refractivity contribution in [2.45, 2.75) is 45.1 Å². The summed E-state index contributed by atoms with van der Waals surface area (Å²) in [5.74, 6) is 2.39. The first-order valence-electron chi connectivity index (χ1n) is 8.46. The van der Waals surface area contributed by atoms with Crippen molar-refractivity contribution in [1.29, 1.82) is 0 Å². The topological polar surface area (TPSA) is 54.9 Å². The lowest BCUT2D eigenvalue weighted by Crippen LogP contribution is -2.39. The van der Waals surface area contributed by atoms with Gasteiger partial charge in [0.25, 0.3) is 0 Å². The molecular formula is C16H32IN3O2. The molecule has 3 atom stereocenters. The summed E-state index contributed by atoms with van der Waals surface area (Å²) >= 11 is 0. The van der Waals surface area contributed by atoms with Crippen LogP contribution in [0.2, 0.25) is 0 Å². The molecule has 5 nitrogen and oxygen atoms in total. The maximum absolute atomic E-state index is 5.70. The summed E-state index contributed by atoms with van der Waals surface area (Å²) in [5, 5.41) is 6.86. The molecule has 1 saturated heterocycles. The van der Waals surface area contributed by atoms with Gasteiger partial charge in [0.1, 0.15) is 0 Å². The van der Waals surface area contributed by atoms with Crippen molar-refractivity contribution >= 4 is 29.9 Å². The molecule has 2 aliphatic rings. The number of halogens is 1. The Bertz CT molecular complexity index is 323. The zero-order valence-electron chi connectivity index (χ0n) is 14.0. The van der Waals surface area contributed by atoms with Crippen LogP contribution >= 0.6 is 24.0 Å². The van der Waals surface area contributed by atoms with Crippen molar-refractivity contribution in [1.82, 2.24) is 10.6 Å². The lowest BCUT2D eigenvalue weighted by Gasteiger charge is -2.12. The molecular weight excluding hydrogens is 393 g/mol. The van der Waals surface area contributed by atoms with E-state index in [2.05, 4.69) is 22.5 Å². The molecule has 0 spiro atoms. The molecule has 0 amide bonds. The summed E-state index contributed by atoms with van der Waals surface area (Å²) in [6.45, 7) is 6.58. The van der Waals surface area contributed by atoms with E-state index in [0.717, 1.165) is 57.7 Å². The minimum Gasteiger partial charge on any atom is -0.381 e. The van der Waals surface area contributed by atoms with Crippen LogP contribution in [0.4, 0.5) is 0 Å². The maximum Gasteiger partial charge on any atom is 0.191 e. The second-order valence-corrected chi connectivity index (χ2v) is 6.19. The summed E-state index contributed by atoms with van der Waals surface area (Å²) in [5.41, 5.74) is 0. The highest BCUT2D eigenvalue weighted by molar-refractivity contribution is 14.0. The third-order valence-electron chi connectivity index (χ3n) is 4.26. The van der Waals surface area contributed by atoms with Crippen molar-refractivity contribution < 1.29 is 9.47 Å². The Morgan fingerprint density at radius 1 is 1.41 bits per heavy atom. The monoisotopic (exact) mass is 425 g/mol. The van der Waals surface area contributed by atoms with Gasteiger partial charge >= 0.3 is 0 Å². The summed E-state index contributed by atoms with van der Waals surface area (Å²) in [7, 11) is 1.84. The van der Waals surface area contributed by atoms with Crippen LogP contribution in [-0.2, 0) is 9.47 Å². The van der Waals surface area contributed by atoms with Gasteiger partial charge in [0.15, 0.2) is 5.96 Å². The predicted molar refractivity (Wildman–Crippen MR) is 101 cm³/mol. The van der Waals surface area contributed by atoms with Crippen LogP contribution in [0.15, 0.2) is 4.99 Å². The van der Waals surface area contributed by atoms with E-state index in [1.807, 2.05) is 7.05 Å². The Kier molecular flexibility index (Phi) is 10.4. The zero-order chi connectivity index (χ0) is 14.9. The number of hydrogen-bond donors (Lipinski definition) is 2. The average Bonchev–Trinajstić information content (AvgIpc) is 3.01. The first-order valence-corrected chi connectivity index (χ1v) is 8.46. The fourth-order valence-electron chi connectivity index (χ4n) is 2.83. The van der Waals surface area contributed by atoms with Crippen LogP contribution in [-0.4, -0.2) is 52.0 Å². The van der Waals surface area contributed by atoms with Crippen molar-refractivity contribution in [2.24, 2.45) is 16.8 Å². The zero-order valence-corrected chi connectivity index (χ0v) is 16.3. The first-order chi connectivity index (χ1) is 10.3. The number of guanidine groups is 1. The Morgan fingerprint density at radius 3 is 2.95 bits per heavy atom. The summed E-state index contributed by atoms with van der Waals surface area (Å²) < 4.78 is 11.0. The maximum atomic E-state index is 5.70. The summed E-state index contributed by atoms with van der Waals surface area (Å²) in [6, 6.07) is 0.634. The Labute approximate surface area is 152 Å². The van der Waals surface area contributed by atoms with Gasteiger partial charge in [-0.15, -0.1) is 24.0 Å². The molecule has 6 heteroatoms. The minimum atomic E-state index is 0. The van der Waals surface area contributed by atoms with E-state index in [9.17, 15) is 0 Å². The molecule has 2 N–H and O–H groups in total. The Hall–Kier alpha value is -0.0800. The minimum absolute atomic E-state index is 0. The molecule has 3 unspecified atom stereocenters. The van der Waals surface area contributed by atoms with E-state index >= 15 is 0 Å². The Morgan fingerprint density at radius 2 is 2.27 bits per heavy atom. The molecule has 1 aliphatic heterocycles. The largest absolute Gasteiger partial charge is 0.381 e. The second-order valence-electron chi connectivity index (χ2n) is 6.19. The lowest BCUT2D eigenvalue weighted by molar-refractivity contribution is 0.0888. The number of nitrogens with one attached hydrogen (secondary N) is 2. The SMILES string of the molecule is CCCC1CC1NC(=NC)NCCCOCC1CCOC1.I. The molecule has 0 bridgehead atoms. The second kappa shape index (κ2) is 11.5. The van der Waals surface area contributed by atoms with Crippen molar-refractivity contribution in [2.75, 3.05) is 40.0 Å². The van der Waals surface area contributed by atoms with E-state index < -0.39 is 0 Å². The number of rotatable bonds is 9. The van der Waals surface area contributed by atoms with Crippen molar-refractivity contribution in [3.05, 3.63) is 0 Å². The quantitative estimate of drug-likeness (QED) is 0.258. The van der Waals surface area contributed by atoms with Gasteiger partial charge in [-0.25, -0.2) is 0 Å². The smallest absolute Gasteiger partial charge is 0.191 e. The van der Waals surface area contributed by atoms with Gasteiger partial charge in [-0.3, -0.25) is 4.99 Å². The molecule has 1 heterocycles. The van der Waals surface area contributed by atoms with Crippen molar-refractivity contribution in [3.8, 4) is 0 Å². The highest BCUT2D eigenvalue weighted by Crippen LogP contribution is 2.34. The van der Waals surface area contributed by atoms with E-state index in [0.29, 0.717) is 12.0 Å². The van der Waals surface area contributed by atoms with Gasteiger partial charge in [-0.2, -0.15) is 0 Å². The number of nitrogens with zero attached hydrogens (tertiary/aromatic N) is 1. The number of hydrogen-bond acceptors (Lipinski definition) is 3. The van der Waals surface area contributed by atoms with Crippen LogP contribution < -0.4 is 10.6 Å². The van der Waals surface area contributed by atoms with Crippen LogP contribution in [0.3, 0.4) is 0 Å². The van der Waals surface area contributed by atoms with Gasteiger partial charge in [0.05, 0.1) is 13.2 Å². The van der Waals surface area contributed by atoms with E-state index in [4.69, 9.17) is 9.47 Å². The fraction of sp³-hybridized carbons (Fsp3) is 0.938. The first kappa shape index (κ1) is 20.0. The molecule has 22 heavy (non-hydrogen) atoms. The van der Waals surface area contributed by atoms with Crippen LogP contribution in [0.5, 0.6) is 0 Å². The number of aliphatic imine (C=N–C) groups is 1. The molecule has 130 valence electrons. The molecule has 0 aromatic rings. The molecule has 2 rings (SSSR count). The van der Waals surface area contributed by atoms with Gasteiger partial charge in [-0.1, -0.05) is 13.3 Å². The molecule has 0 aromatic heterocycles. The van der Waals surface area contributed by atoms with E-state index in [-0.39, 0.29) is 24.0 Å². The Balaban J connectivity index is 0.00000242. The third-order valence-corrected chi connectivity index (χ3v) is 4.26. The van der Waals surface area contributed by atoms with Gasteiger partial charge in [0, 0.05) is 38.8 Å². The van der Waals surface area contributed by atoms with Gasteiger partial charge in [0.2, 0.25) is 0 Å². The van der Waals surface area contributed by atoms with Crippen molar-refractivity contribution in [3.63, 3.8) is 0 Å². The summed E-state index contributed by atoms with van der Waals surface area (Å²) in [6.07, 6.45) is 6.05. The fourth-order valence-corrected chi connectivity index (χ4v) is 2.83. The van der Waals surface area contributed by atoms with Crippen LogP contribution in [0.25, 0.3) is 0 Å². The number of ether oxygens (including phenoxy) is 2. The highest BCUT2D eigenvalue weighted by atomic mass is 127. The molecule has 1 aliphatic carbocycles. The average molecular weight is 425 g/mol. The van der Waals surface area contributed by atoms with Gasteiger partial charge in [-0.05, 0) is 31.6 Å².